The highest BCUT2D eigenvalue weighted by Gasteiger charge is 2.21. The van der Waals surface area contributed by atoms with E-state index in [2.05, 4.69) is 40.9 Å². The second-order valence-corrected chi connectivity index (χ2v) is 5.59. The molecule has 0 aliphatic rings. The number of nitrogens with two attached hydrogens (primary N) is 1. The summed E-state index contributed by atoms with van der Waals surface area (Å²) in [6, 6.07) is 0.0342. The minimum absolute atomic E-state index is 0.0342. The molecule has 7 heteroatoms. The van der Waals surface area contributed by atoms with Crippen molar-refractivity contribution in [3.8, 4) is 0 Å². The fourth-order valence-corrected chi connectivity index (χ4v) is 2.86. The smallest absolute Gasteiger partial charge is 0.0829 e. The first-order valence-electron chi connectivity index (χ1n) is 6.45. The van der Waals surface area contributed by atoms with Crippen LogP contribution in [0.5, 0.6) is 0 Å². The Morgan fingerprint density at radius 3 is 2.84 bits per heavy atom. The van der Waals surface area contributed by atoms with E-state index in [1.165, 1.54) is 11.5 Å². The monoisotopic (exact) mass is 280 g/mol. The van der Waals surface area contributed by atoms with E-state index in [0.717, 1.165) is 29.1 Å². The van der Waals surface area contributed by atoms with Gasteiger partial charge in [-0.2, -0.15) is 5.10 Å². The van der Waals surface area contributed by atoms with E-state index in [0.29, 0.717) is 5.92 Å². The maximum Gasteiger partial charge on any atom is 0.0829 e. The highest BCUT2D eigenvalue weighted by molar-refractivity contribution is 7.05. The van der Waals surface area contributed by atoms with E-state index >= 15 is 0 Å². The van der Waals surface area contributed by atoms with Gasteiger partial charge in [-0.15, -0.1) is 5.10 Å². The number of aromatic nitrogens is 4. The van der Waals surface area contributed by atoms with Gasteiger partial charge in [0.25, 0.3) is 0 Å². The first kappa shape index (κ1) is 14.1. The lowest BCUT2D eigenvalue weighted by Gasteiger charge is -2.15. The summed E-state index contributed by atoms with van der Waals surface area (Å²) in [5.41, 5.74) is 5.05. The molecule has 0 fully saturated rings. The summed E-state index contributed by atoms with van der Waals surface area (Å²) in [7, 11) is 0. The van der Waals surface area contributed by atoms with Crippen LogP contribution in [0.4, 0.5) is 0 Å². The molecule has 0 aromatic carbocycles. The molecule has 19 heavy (non-hydrogen) atoms. The van der Waals surface area contributed by atoms with Crippen molar-refractivity contribution in [3.63, 3.8) is 0 Å². The molecule has 0 bridgehead atoms. The second kappa shape index (κ2) is 6.23. The van der Waals surface area contributed by atoms with Crippen LogP contribution in [0.1, 0.15) is 48.9 Å². The zero-order valence-corrected chi connectivity index (χ0v) is 12.3. The summed E-state index contributed by atoms with van der Waals surface area (Å²) in [4.78, 5) is 1.11. The quantitative estimate of drug-likeness (QED) is 0.621. The first-order chi connectivity index (χ1) is 9.15. The molecule has 0 aliphatic heterocycles. The highest BCUT2D eigenvalue weighted by atomic mass is 32.1. The number of nitrogens with one attached hydrogen (secondary N) is 1. The Morgan fingerprint density at radius 2 is 2.26 bits per heavy atom. The number of hydrogen-bond acceptors (Lipinski definition) is 6. The third kappa shape index (κ3) is 3.17. The van der Waals surface area contributed by atoms with Gasteiger partial charge in [-0.25, -0.2) is 0 Å². The van der Waals surface area contributed by atoms with Crippen LogP contribution >= 0.6 is 11.5 Å². The lowest BCUT2D eigenvalue weighted by atomic mass is 10.0. The fourth-order valence-electron chi connectivity index (χ4n) is 1.99. The largest absolute Gasteiger partial charge is 0.273 e. The lowest BCUT2D eigenvalue weighted by molar-refractivity contribution is 0.550. The van der Waals surface area contributed by atoms with Gasteiger partial charge in [0.1, 0.15) is 0 Å². The summed E-state index contributed by atoms with van der Waals surface area (Å²) in [5.74, 6) is 6.04. The summed E-state index contributed by atoms with van der Waals surface area (Å²) >= 11 is 1.41. The molecule has 2 aromatic rings. The number of rotatable bonds is 6. The summed E-state index contributed by atoms with van der Waals surface area (Å²) in [6.45, 7) is 7.17. The van der Waals surface area contributed by atoms with Crippen LogP contribution in [0.25, 0.3) is 0 Å². The van der Waals surface area contributed by atoms with Crippen LogP contribution < -0.4 is 11.3 Å². The molecule has 0 amide bonds. The Bertz CT molecular complexity index is 518. The summed E-state index contributed by atoms with van der Waals surface area (Å²) in [5, 5.41) is 8.48. The predicted octanol–water partition coefficient (Wildman–Crippen LogP) is 1.62. The van der Waals surface area contributed by atoms with Crippen molar-refractivity contribution < 1.29 is 0 Å². The molecule has 2 aromatic heterocycles. The van der Waals surface area contributed by atoms with E-state index < -0.39 is 0 Å². The SMILES string of the molecule is CCn1cc(CC(NN)c2snnc2C(C)C)cn1. The van der Waals surface area contributed by atoms with E-state index in [1.54, 1.807) is 0 Å². The van der Waals surface area contributed by atoms with E-state index in [4.69, 9.17) is 5.84 Å². The molecule has 0 radical (unpaired) electrons. The fraction of sp³-hybridized carbons (Fsp3) is 0.583. The van der Waals surface area contributed by atoms with Gasteiger partial charge >= 0.3 is 0 Å². The van der Waals surface area contributed by atoms with Gasteiger partial charge in [0.15, 0.2) is 0 Å². The van der Waals surface area contributed by atoms with Gasteiger partial charge in [-0.3, -0.25) is 16.0 Å². The number of hydrazine groups is 1. The Hall–Kier alpha value is -1.31. The predicted molar refractivity (Wildman–Crippen MR) is 75.7 cm³/mol. The van der Waals surface area contributed by atoms with Crippen LogP contribution in [0.3, 0.4) is 0 Å². The molecule has 6 nitrogen and oxygen atoms in total. The standard InChI is InChI=1S/C12H20N6S/c1-4-18-7-9(6-14-18)5-10(15-13)12-11(8(2)3)16-17-19-12/h6-8,10,15H,4-5,13H2,1-3H3. The highest BCUT2D eigenvalue weighted by Crippen LogP contribution is 2.27. The van der Waals surface area contributed by atoms with Crippen LogP contribution in [-0.2, 0) is 13.0 Å². The molecule has 2 rings (SSSR count). The molecule has 0 saturated heterocycles. The molecule has 0 saturated carbocycles. The summed E-state index contributed by atoms with van der Waals surface area (Å²) < 4.78 is 5.96. The molecule has 3 N–H and O–H groups in total. The summed E-state index contributed by atoms with van der Waals surface area (Å²) in [6.07, 6.45) is 4.73. The Balaban J connectivity index is 2.17. The number of nitrogens with zero attached hydrogens (tertiary/aromatic N) is 4. The average molecular weight is 280 g/mol. The Labute approximate surface area is 117 Å². The maximum absolute atomic E-state index is 5.69. The van der Waals surface area contributed by atoms with E-state index in [-0.39, 0.29) is 6.04 Å². The van der Waals surface area contributed by atoms with E-state index in [1.807, 2.05) is 17.1 Å². The third-order valence-corrected chi connectivity index (χ3v) is 3.91. The van der Waals surface area contributed by atoms with Crippen molar-refractivity contribution in [3.05, 3.63) is 28.5 Å². The Kier molecular flexibility index (Phi) is 4.62. The molecular weight excluding hydrogens is 260 g/mol. The van der Waals surface area contributed by atoms with Gasteiger partial charge in [0.2, 0.25) is 0 Å². The average Bonchev–Trinajstić information content (AvgIpc) is 3.04. The Morgan fingerprint density at radius 1 is 1.47 bits per heavy atom. The minimum atomic E-state index is 0.0342. The molecule has 0 spiro atoms. The number of hydrogen-bond donors (Lipinski definition) is 2. The topological polar surface area (TPSA) is 81.7 Å². The first-order valence-corrected chi connectivity index (χ1v) is 7.22. The molecule has 104 valence electrons. The van der Waals surface area contributed by atoms with Gasteiger partial charge < -0.3 is 0 Å². The van der Waals surface area contributed by atoms with Crippen LogP contribution in [-0.4, -0.2) is 19.4 Å². The van der Waals surface area contributed by atoms with E-state index in [9.17, 15) is 0 Å². The molecular formula is C12H20N6S. The van der Waals surface area contributed by atoms with Crippen LogP contribution in [0.15, 0.2) is 12.4 Å². The zero-order valence-electron chi connectivity index (χ0n) is 11.5. The molecule has 1 unspecified atom stereocenters. The minimum Gasteiger partial charge on any atom is -0.273 e. The molecule has 1 atom stereocenters. The third-order valence-electron chi connectivity index (χ3n) is 3.06. The van der Waals surface area contributed by atoms with Crippen molar-refractivity contribution in [2.75, 3.05) is 0 Å². The second-order valence-electron chi connectivity index (χ2n) is 4.80. The van der Waals surface area contributed by atoms with Gasteiger partial charge in [-0.1, -0.05) is 18.3 Å². The van der Waals surface area contributed by atoms with Crippen molar-refractivity contribution in [1.29, 1.82) is 0 Å². The molecule has 2 heterocycles. The maximum atomic E-state index is 5.69. The van der Waals surface area contributed by atoms with Crippen LogP contribution in [0.2, 0.25) is 0 Å². The van der Waals surface area contributed by atoms with Gasteiger partial charge in [0, 0.05) is 12.7 Å². The van der Waals surface area contributed by atoms with Crippen molar-refractivity contribution in [2.24, 2.45) is 5.84 Å². The van der Waals surface area contributed by atoms with Gasteiger partial charge in [-0.05, 0) is 36.4 Å². The lowest BCUT2D eigenvalue weighted by Crippen LogP contribution is -2.29. The normalized spacial score (nSPS) is 13.1. The van der Waals surface area contributed by atoms with Gasteiger partial charge in [0.05, 0.1) is 22.8 Å². The van der Waals surface area contributed by atoms with Crippen LogP contribution in [0, 0.1) is 0 Å². The van der Waals surface area contributed by atoms with Crippen molar-refractivity contribution in [1.82, 2.24) is 24.8 Å². The zero-order chi connectivity index (χ0) is 13.8. The number of aryl methyl sites for hydroxylation is 1. The van der Waals surface area contributed by atoms with Crippen molar-refractivity contribution >= 4 is 11.5 Å². The molecule has 0 aliphatic carbocycles. The van der Waals surface area contributed by atoms with Crippen molar-refractivity contribution in [2.45, 2.75) is 45.7 Å².